The van der Waals surface area contributed by atoms with Crippen LogP contribution in [0.2, 0.25) is 5.02 Å². The molecular weight excluding hydrogens is 306 g/mol. The van der Waals surface area contributed by atoms with Crippen LogP contribution in [-0.4, -0.2) is 30.6 Å². The van der Waals surface area contributed by atoms with E-state index in [1.165, 1.54) is 4.90 Å². The largest absolute Gasteiger partial charge is 0.491 e. The van der Waals surface area contributed by atoms with Crippen LogP contribution < -0.4 is 10.1 Å². The monoisotopic (exact) mass is 323 g/mol. The number of halogens is 1. The first-order valence-electron chi connectivity index (χ1n) is 6.62. The molecule has 3 nitrogen and oxygen atoms in total. The lowest BCUT2D eigenvalue weighted by molar-refractivity contribution is 0.117. The maximum atomic E-state index is 9.93. The minimum atomic E-state index is -0.585. The van der Waals surface area contributed by atoms with Gasteiger partial charge in [-0.25, -0.2) is 0 Å². The third-order valence-corrected chi connectivity index (χ3v) is 3.84. The Bertz CT molecular complexity index is 562. The zero-order chi connectivity index (χ0) is 15.1. The number of anilines is 1. The summed E-state index contributed by atoms with van der Waals surface area (Å²) >= 11 is 7.49. The van der Waals surface area contributed by atoms with Gasteiger partial charge in [-0.05, 0) is 48.7 Å². The molecule has 1 atom stereocenters. The normalized spacial score (nSPS) is 12.0. The number of ether oxygens (including phenoxy) is 1. The highest BCUT2D eigenvalue weighted by atomic mass is 35.5. The molecule has 0 aliphatic carbocycles. The van der Waals surface area contributed by atoms with E-state index < -0.39 is 6.10 Å². The topological polar surface area (TPSA) is 41.5 Å². The minimum absolute atomic E-state index is 0.233. The van der Waals surface area contributed by atoms with Gasteiger partial charge in [-0.2, -0.15) is 0 Å². The molecule has 2 aromatic rings. The van der Waals surface area contributed by atoms with Crippen molar-refractivity contribution in [3.8, 4) is 5.75 Å². The van der Waals surface area contributed by atoms with Gasteiger partial charge in [0.05, 0.1) is 0 Å². The molecule has 0 saturated heterocycles. The summed E-state index contributed by atoms with van der Waals surface area (Å²) in [5.74, 6) is 0.697. The molecule has 0 saturated carbocycles. The van der Waals surface area contributed by atoms with Gasteiger partial charge in [0.25, 0.3) is 0 Å². The Kier molecular flexibility index (Phi) is 6.23. The Morgan fingerprint density at radius 1 is 1.24 bits per heavy atom. The smallest absolute Gasteiger partial charge is 0.119 e. The molecule has 0 bridgehead atoms. The van der Waals surface area contributed by atoms with Crippen LogP contribution >= 0.6 is 23.4 Å². The predicted octanol–water partition coefficient (Wildman–Crippen LogP) is 3.91. The molecule has 0 radical (unpaired) electrons. The van der Waals surface area contributed by atoms with Crippen molar-refractivity contribution in [1.29, 1.82) is 0 Å². The number of benzene rings is 2. The van der Waals surface area contributed by atoms with Gasteiger partial charge in [0.1, 0.15) is 18.5 Å². The van der Waals surface area contributed by atoms with Crippen molar-refractivity contribution in [3.63, 3.8) is 0 Å². The molecule has 0 aliphatic rings. The lowest BCUT2D eigenvalue weighted by Gasteiger charge is -2.14. The highest BCUT2D eigenvalue weighted by molar-refractivity contribution is 7.98. The minimum Gasteiger partial charge on any atom is -0.491 e. The van der Waals surface area contributed by atoms with E-state index in [4.69, 9.17) is 16.3 Å². The first kappa shape index (κ1) is 16.0. The number of aliphatic hydroxyl groups excluding tert-OH is 1. The number of aliphatic hydroxyl groups is 1. The fourth-order valence-corrected chi connectivity index (χ4v) is 2.34. The quantitative estimate of drug-likeness (QED) is 0.758. The molecule has 0 spiro atoms. The molecule has 0 heterocycles. The molecule has 5 heteroatoms. The summed E-state index contributed by atoms with van der Waals surface area (Å²) in [7, 11) is 0. The molecule has 2 rings (SSSR count). The molecule has 0 aliphatic heterocycles. The highest BCUT2D eigenvalue weighted by Gasteiger charge is 2.05. The lowest BCUT2D eigenvalue weighted by atomic mass is 10.3. The molecule has 0 fully saturated rings. The average molecular weight is 324 g/mol. The lowest BCUT2D eigenvalue weighted by Crippen LogP contribution is -2.26. The van der Waals surface area contributed by atoms with Crippen LogP contribution in [0, 0.1) is 0 Å². The van der Waals surface area contributed by atoms with Crippen molar-refractivity contribution >= 4 is 29.1 Å². The van der Waals surface area contributed by atoms with E-state index in [-0.39, 0.29) is 6.61 Å². The maximum Gasteiger partial charge on any atom is 0.119 e. The van der Waals surface area contributed by atoms with Crippen molar-refractivity contribution in [3.05, 3.63) is 53.6 Å². The van der Waals surface area contributed by atoms with Crippen molar-refractivity contribution < 1.29 is 9.84 Å². The number of thioether (sulfide) groups is 1. The van der Waals surface area contributed by atoms with Crippen molar-refractivity contribution in [2.45, 2.75) is 11.0 Å². The van der Waals surface area contributed by atoms with Crippen molar-refractivity contribution in [2.75, 3.05) is 24.7 Å². The van der Waals surface area contributed by atoms with Gasteiger partial charge < -0.3 is 15.2 Å². The Balaban J connectivity index is 1.76. The van der Waals surface area contributed by atoms with Crippen molar-refractivity contribution in [1.82, 2.24) is 0 Å². The standard InChI is InChI=1S/C16H18ClNO2S/c1-21-16-4-2-3-13(9-16)18-10-14(19)11-20-15-7-5-12(17)6-8-15/h2-9,14,18-19H,10-11H2,1H3. The molecule has 2 N–H and O–H groups in total. The van der Waals surface area contributed by atoms with Crippen LogP contribution in [0.1, 0.15) is 0 Å². The second-order valence-electron chi connectivity index (χ2n) is 4.53. The van der Waals surface area contributed by atoms with E-state index in [9.17, 15) is 5.11 Å². The van der Waals surface area contributed by atoms with Crippen LogP contribution in [-0.2, 0) is 0 Å². The molecule has 0 amide bonds. The van der Waals surface area contributed by atoms with E-state index >= 15 is 0 Å². The van der Waals surface area contributed by atoms with Gasteiger partial charge >= 0.3 is 0 Å². The van der Waals surface area contributed by atoms with E-state index in [1.54, 1.807) is 36.0 Å². The summed E-state index contributed by atoms with van der Waals surface area (Å²) in [4.78, 5) is 1.19. The van der Waals surface area contributed by atoms with Crippen LogP contribution in [0.15, 0.2) is 53.4 Å². The van der Waals surface area contributed by atoms with Crippen LogP contribution in [0.3, 0.4) is 0 Å². The molecule has 21 heavy (non-hydrogen) atoms. The number of hydrogen-bond acceptors (Lipinski definition) is 4. The van der Waals surface area contributed by atoms with Crippen LogP contribution in [0.4, 0.5) is 5.69 Å². The molecule has 0 aromatic heterocycles. The summed E-state index contributed by atoms with van der Waals surface area (Å²) in [5.41, 5.74) is 0.993. The Labute approximate surface area is 134 Å². The van der Waals surface area contributed by atoms with Gasteiger partial charge in [-0.1, -0.05) is 17.7 Å². The highest BCUT2D eigenvalue weighted by Crippen LogP contribution is 2.19. The first-order valence-corrected chi connectivity index (χ1v) is 8.22. The number of hydrogen-bond donors (Lipinski definition) is 2. The fourth-order valence-electron chi connectivity index (χ4n) is 1.75. The summed E-state index contributed by atoms with van der Waals surface area (Å²) in [5, 5.41) is 13.8. The summed E-state index contributed by atoms with van der Waals surface area (Å²) < 4.78 is 5.50. The van der Waals surface area contributed by atoms with Gasteiger partial charge in [0.15, 0.2) is 0 Å². The van der Waals surface area contributed by atoms with Crippen LogP contribution in [0.25, 0.3) is 0 Å². The summed E-state index contributed by atoms with van der Waals surface area (Å²) in [6.45, 7) is 0.669. The third-order valence-electron chi connectivity index (χ3n) is 2.87. The van der Waals surface area contributed by atoms with Gasteiger partial charge in [0, 0.05) is 22.2 Å². The molecule has 112 valence electrons. The Hall–Kier alpha value is -1.36. The second-order valence-corrected chi connectivity index (χ2v) is 5.85. The van der Waals surface area contributed by atoms with E-state index in [2.05, 4.69) is 17.4 Å². The number of nitrogens with one attached hydrogen (secondary N) is 1. The fraction of sp³-hybridized carbons (Fsp3) is 0.250. The second kappa shape index (κ2) is 8.17. The van der Waals surface area contributed by atoms with Crippen LogP contribution in [0.5, 0.6) is 5.75 Å². The van der Waals surface area contributed by atoms with Gasteiger partial charge in [-0.15, -0.1) is 11.8 Å². The van der Waals surface area contributed by atoms with E-state index in [0.717, 1.165) is 5.69 Å². The van der Waals surface area contributed by atoms with E-state index in [1.807, 2.05) is 18.4 Å². The average Bonchev–Trinajstić information content (AvgIpc) is 2.52. The van der Waals surface area contributed by atoms with E-state index in [0.29, 0.717) is 17.3 Å². The molecule has 1 unspecified atom stereocenters. The number of rotatable bonds is 7. The van der Waals surface area contributed by atoms with Gasteiger partial charge in [0.2, 0.25) is 0 Å². The third kappa shape index (κ3) is 5.50. The molecule has 2 aromatic carbocycles. The summed E-state index contributed by atoms with van der Waals surface area (Å²) in [6, 6.07) is 15.2. The maximum absolute atomic E-state index is 9.93. The SMILES string of the molecule is CSc1cccc(NCC(O)COc2ccc(Cl)cc2)c1. The molecular formula is C16H18ClNO2S. The Morgan fingerprint density at radius 3 is 2.71 bits per heavy atom. The van der Waals surface area contributed by atoms with Gasteiger partial charge in [-0.3, -0.25) is 0 Å². The summed E-state index contributed by atoms with van der Waals surface area (Å²) in [6.07, 6.45) is 1.45. The first-order chi connectivity index (χ1) is 10.2. The zero-order valence-electron chi connectivity index (χ0n) is 11.8. The van der Waals surface area contributed by atoms with Crippen molar-refractivity contribution in [2.24, 2.45) is 0 Å². The zero-order valence-corrected chi connectivity index (χ0v) is 13.3. The Morgan fingerprint density at radius 2 is 2.00 bits per heavy atom. The predicted molar refractivity (Wildman–Crippen MR) is 89.7 cm³/mol.